The predicted octanol–water partition coefficient (Wildman–Crippen LogP) is 2.98. The van der Waals surface area contributed by atoms with Gasteiger partial charge in [-0.3, -0.25) is 0 Å². The van der Waals surface area contributed by atoms with Crippen LogP contribution in [0.3, 0.4) is 0 Å². The summed E-state index contributed by atoms with van der Waals surface area (Å²) in [6.07, 6.45) is 6.87. The van der Waals surface area contributed by atoms with Crippen LogP contribution in [0.2, 0.25) is 0 Å². The second-order valence-electron chi connectivity index (χ2n) is 6.58. The van der Waals surface area contributed by atoms with Gasteiger partial charge < -0.3 is 14.6 Å². The first kappa shape index (κ1) is 16.2. The second kappa shape index (κ2) is 6.32. The highest BCUT2D eigenvalue weighted by atomic mass is 16.6. The molecule has 2 heterocycles. The summed E-state index contributed by atoms with van der Waals surface area (Å²) in [7, 11) is 4.05. The molecule has 2 rings (SSSR count). The number of nitrogens with one attached hydrogen (secondary N) is 1. The van der Waals surface area contributed by atoms with Crippen molar-refractivity contribution in [2.75, 3.05) is 14.1 Å². The number of fused-ring (bicyclic) bond motifs is 1. The van der Waals surface area contributed by atoms with Crippen LogP contribution in [0.25, 0.3) is 17.1 Å². The summed E-state index contributed by atoms with van der Waals surface area (Å²) in [5.41, 5.74) is 2.42. The molecule has 0 radical (unpaired) electrons. The van der Waals surface area contributed by atoms with E-state index >= 15 is 0 Å². The zero-order valence-electron chi connectivity index (χ0n) is 13.8. The van der Waals surface area contributed by atoms with Gasteiger partial charge in [0.25, 0.3) is 0 Å². The van der Waals surface area contributed by atoms with E-state index in [1.165, 1.54) is 11.6 Å². The van der Waals surface area contributed by atoms with Crippen molar-refractivity contribution in [1.29, 1.82) is 0 Å². The molecule has 0 saturated heterocycles. The molecule has 0 spiro atoms. The number of rotatable bonds is 4. The molecule has 5 heteroatoms. The van der Waals surface area contributed by atoms with E-state index in [1.54, 1.807) is 12.3 Å². The highest BCUT2D eigenvalue weighted by Gasteiger charge is 2.14. The normalized spacial score (nSPS) is 12.5. The van der Waals surface area contributed by atoms with Gasteiger partial charge in [0.05, 0.1) is 0 Å². The van der Waals surface area contributed by atoms with E-state index in [0.717, 1.165) is 23.1 Å². The molecule has 2 aromatic heterocycles. The fourth-order valence-electron chi connectivity index (χ4n) is 2.14. The maximum atomic E-state index is 11.7. The summed E-state index contributed by atoms with van der Waals surface area (Å²) in [5, 5.41) is 1.07. The van der Waals surface area contributed by atoms with Gasteiger partial charge in [-0.25, -0.2) is 9.78 Å². The summed E-state index contributed by atoms with van der Waals surface area (Å²) in [5.74, 6) is -0.352. The quantitative estimate of drug-likeness (QED) is 0.697. The van der Waals surface area contributed by atoms with Crippen LogP contribution in [-0.4, -0.2) is 40.5 Å². The van der Waals surface area contributed by atoms with Gasteiger partial charge >= 0.3 is 5.97 Å². The monoisotopic (exact) mass is 301 g/mol. The Kier molecular flexibility index (Phi) is 4.66. The third kappa shape index (κ3) is 4.43. The smallest absolute Gasteiger partial charge is 0.331 e. The first-order valence-corrected chi connectivity index (χ1v) is 7.26. The Labute approximate surface area is 131 Å². The molecule has 5 nitrogen and oxygen atoms in total. The number of aromatic nitrogens is 2. The highest BCUT2D eigenvalue weighted by Crippen LogP contribution is 2.19. The fourth-order valence-corrected chi connectivity index (χ4v) is 2.14. The molecule has 22 heavy (non-hydrogen) atoms. The van der Waals surface area contributed by atoms with Crippen LogP contribution in [0.1, 0.15) is 31.9 Å². The number of esters is 1. The van der Waals surface area contributed by atoms with Crippen LogP contribution in [0.15, 0.2) is 24.5 Å². The standard InChI is InChI=1S/C17H23N3O2/c1-17(2,3)22-15(21)7-6-12-8-14-13(11-20(4)5)10-19-16(14)18-9-12/h6-10H,11H2,1-5H3,(H,18,19). The minimum atomic E-state index is -0.483. The Morgan fingerprint density at radius 1 is 1.41 bits per heavy atom. The van der Waals surface area contributed by atoms with Crippen LogP contribution in [0.4, 0.5) is 0 Å². The van der Waals surface area contributed by atoms with E-state index in [2.05, 4.69) is 14.9 Å². The number of aromatic amines is 1. The molecule has 0 fully saturated rings. The number of ether oxygens (including phenoxy) is 1. The molecule has 0 aromatic carbocycles. The molecule has 2 aromatic rings. The van der Waals surface area contributed by atoms with Gasteiger partial charge in [0.2, 0.25) is 0 Å². The van der Waals surface area contributed by atoms with Crippen LogP contribution < -0.4 is 0 Å². The molecule has 0 unspecified atom stereocenters. The third-order valence-corrected chi connectivity index (χ3v) is 2.94. The SMILES string of the molecule is CN(C)Cc1c[nH]c2ncc(C=CC(=O)OC(C)(C)C)cc12. The predicted molar refractivity (Wildman–Crippen MR) is 88.4 cm³/mol. The molecular formula is C17H23N3O2. The Morgan fingerprint density at radius 2 is 2.14 bits per heavy atom. The number of hydrogen-bond acceptors (Lipinski definition) is 4. The minimum Gasteiger partial charge on any atom is -0.457 e. The zero-order valence-corrected chi connectivity index (χ0v) is 13.8. The van der Waals surface area contributed by atoms with Gasteiger partial charge in [-0.1, -0.05) is 0 Å². The van der Waals surface area contributed by atoms with Gasteiger partial charge in [0.15, 0.2) is 0 Å². The first-order valence-electron chi connectivity index (χ1n) is 7.26. The Hall–Kier alpha value is -2.14. The molecule has 118 valence electrons. The van der Waals surface area contributed by atoms with E-state index in [1.807, 2.05) is 47.1 Å². The van der Waals surface area contributed by atoms with Crippen molar-refractivity contribution in [3.05, 3.63) is 35.7 Å². The molecule has 0 aliphatic heterocycles. The van der Waals surface area contributed by atoms with Crippen LogP contribution in [0.5, 0.6) is 0 Å². The van der Waals surface area contributed by atoms with E-state index in [-0.39, 0.29) is 5.97 Å². The van der Waals surface area contributed by atoms with Crippen molar-refractivity contribution >= 4 is 23.1 Å². The average Bonchev–Trinajstić information content (AvgIpc) is 2.76. The van der Waals surface area contributed by atoms with Gasteiger partial charge in [0, 0.05) is 30.4 Å². The molecule has 0 saturated carbocycles. The Morgan fingerprint density at radius 3 is 2.77 bits per heavy atom. The fraction of sp³-hybridized carbons (Fsp3) is 0.412. The van der Waals surface area contributed by atoms with Crippen molar-refractivity contribution in [1.82, 2.24) is 14.9 Å². The molecular weight excluding hydrogens is 278 g/mol. The van der Waals surface area contributed by atoms with Crippen molar-refractivity contribution in [2.24, 2.45) is 0 Å². The summed E-state index contributed by atoms with van der Waals surface area (Å²) >= 11 is 0. The van der Waals surface area contributed by atoms with Crippen molar-refractivity contribution in [2.45, 2.75) is 32.9 Å². The van der Waals surface area contributed by atoms with Gasteiger partial charge in [-0.2, -0.15) is 0 Å². The minimum absolute atomic E-state index is 0.352. The molecule has 0 atom stereocenters. The van der Waals surface area contributed by atoms with Crippen LogP contribution >= 0.6 is 0 Å². The number of pyridine rings is 1. The number of H-pyrrole nitrogens is 1. The number of hydrogen-bond donors (Lipinski definition) is 1. The highest BCUT2D eigenvalue weighted by molar-refractivity contribution is 5.88. The molecule has 0 amide bonds. The third-order valence-electron chi connectivity index (χ3n) is 2.94. The summed E-state index contributed by atoms with van der Waals surface area (Å²) < 4.78 is 5.25. The van der Waals surface area contributed by atoms with Crippen LogP contribution in [-0.2, 0) is 16.1 Å². The lowest BCUT2D eigenvalue weighted by Crippen LogP contribution is -2.22. The Bertz CT molecular complexity index is 693. The number of carbonyl (C=O) groups excluding carboxylic acids is 1. The average molecular weight is 301 g/mol. The topological polar surface area (TPSA) is 58.2 Å². The maximum absolute atomic E-state index is 11.7. The molecule has 1 N–H and O–H groups in total. The van der Waals surface area contributed by atoms with Gasteiger partial charge in [-0.05, 0) is 58.1 Å². The van der Waals surface area contributed by atoms with E-state index in [4.69, 9.17) is 4.74 Å². The summed E-state index contributed by atoms with van der Waals surface area (Å²) in [4.78, 5) is 21.4. The van der Waals surface area contributed by atoms with Gasteiger partial charge in [-0.15, -0.1) is 0 Å². The second-order valence-corrected chi connectivity index (χ2v) is 6.58. The maximum Gasteiger partial charge on any atom is 0.331 e. The lowest BCUT2D eigenvalue weighted by Gasteiger charge is -2.17. The van der Waals surface area contributed by atoms with Crippen LogP contribution in [0, 0.1) is 0 Å². The van der Waals surface area contributed by atoms with E-state index < -0.39 is 5.60 Å². The molecule has 0 aliphatic carbocycles. The summed E-state index contributed by atoms with van der Waals surface area (Å²) in [6.45, 7) is 6.37. The zero-order chi connectivity index (χ0) is 16.3. The van der Waals surface area contributed by atoms with E-state index in [0.29, 0.717) is 0 Å². The lowest BCUT2D eigenvalue weighted by atomic mass is 10.1. The Balaban J connectivity index is 2.20. The van der Waals surface area contributed by atoms with Crippen molar-refractivity contribution < 1.29 is 9.53 Å². The van der Waals surface area contributed by atoms with Gasteiger partial charge in [0.1, 0.15) is 11.2 Å². The number of nitrogens with zero attached hydrogens (tertiary/aromatic N) is 2. The summed E-state index contributed by atoms with van der Waals surface area (Å²) in [6, 6.07) is 2.03. The number of carbonyl (C=O) groups is 1. The molecule has 0 bridgehead atoms. The van der Waals surface area contributed by atoms with Crippen molar-refractivity contribution in [3.63, 3.8) is 0 Å². The largest absolute Gasteiger partial charge is 0.457 e. The first-order chi connectivity index (χ1) is 10.2. The lowest BCUT2D eigenvalue weighted by molar-refractivity contribution is -0.148. The van der Waals surface area contributed by atoms with E-state index in [9.17, 15) is 4.79 Å². The van der Waals surface area contributed by atoms with Crippen molar-refractivity contribution in [3.8, 4) is 0 Å². The molecule has 0 aliphatic rings.